The Bertz CT molecular complexity index is 299. The molecule has 0 aromatic carbocycles. The second-order valence-electron chi connectivity index (χ2n) is 6.41. The van der Waals surface area contributed by atoms with Crippen LogP contribution in [0.5, 0.6) is 0 Å². The summed E-state index contributed by atoms with van der Waals surface area (Å²) in [6, 6.07) is 0.209. The minimum absolute atomic E-state index is 0.209. The zero-order valence-corrected chi connectivity index (χ0v) is 12.4. The lowest BCUT2D eigenvalue weighted by Crippen LogP contribution is -2.49. The fourth-order valence-corrected chi connectivity index (χ4v) is 3.43. The van der Waals surface area contributed by atoms with Crippen molar-refractivity contribution in [1.29, 1.82) is 0 Å². The summed E-state index contributed by atoms with van der Waals surface area (Å²) in [5.74, 6) is 0.296. The SMILES string of the molecule is CCCC1(C)CCCN(C(=O)CC2COCCN2)C1. The fraction of sp³-hybridized carbons (Fsp3) is 0.933. The van der Waals surface area contributed by atoms with Crippen LogP contribution in [0, 0.1) is 5.41 Å². The van der Waals surface area contributed by atoms with Crippen LogP contribution in [-0.2, 0) is 9.53 Å². The summed E-state index contributed by atoms with van der Waals surface area (Å²) in [5, 5.41) is 3.36. The Morgan fingerprint density at radius 3 is 3.05 bits per heavy atom. The molecule has 4 heteroatoms. The van der Waals surface area contributed by atoms with Gasteiger partial charge < -0.3 is 15.0 Å². The van der Waals surface area contributed by atoms with Crippen molar-refractivity contribution in [3.05, 3.63) is 0 Å². The topological polar surface area (TPSA) is 41.6 Å². The summed E-state index contributed by atoms with van der Waals surface area (Å²) >= 11 is 0. The molecule has 2 saturated heterocycles. The van der Waals surface area contributed by atoms with E-state index in [0.717, 1.165) is 32.7 Å². The second kappa shape index (κ2) is 6.71. The predicted molar refractivity (Wildman–Crippen MR) is 76.1 cm³/mol. The molecule has 0 bridgehead atoms. The molecule has 1 N–H and O–H groups in total. The monoisotopic (exact) mass is 268 g/mol. The van der Waals surface area contributed by atoms with Gasteiger partial charge in [-0.2, -0.15) is 0 Å². The zero-order valence-electron chi connectivity index (χ0n) is 12.4. The minimum atomic E-state index is 0.209. The number of nitrogens with one attached hydrogen (secondary N) is 1. The molecule has 1 amide bonds. The van der Waals surface area contributed by atoms with E-state index in [2.05, 4.69) is 24.1 Å². The number of amides is 1. The number of ether oxygens (including phenoxy) is 1. The lowest BCUT2D eigenvalue weighted by molar-refractivity contribution is -0.135. The van der Waals surface area contributed by atoms with Crippen LogP contribution in [0.4, 0.5) is 0 Å². The van der Waals surface area contributed by atoms with Gasteiger partial charge in [-0.1, -0.05) is 20.3 Å². The second-order valence-corrected chi connectivity index (χ2v) is 6.41. The summed E-state index contributed by atoms with van der Waals surface area (Å²) in [7, 11) is 0. The Morgan fingerprint density at radius 1 is 1.53 bits per heavy atom. The van der Waals surface area contributed by atoms with E-state index in [0.29, 0.717) is 24.3 Å². The first-order chi connectivity index (χ1) is 9.13. The van der Waals surface area contributed by atoms with Crippen molar-refractivity contribution in [2.24, 2.45) is 5.41 Å². The van der Waals surface area contributed by atoms with Crippen molar-refractivity contribution in [3.63, 3.8) is 0 Å². The smallest absolute Gasteiger partial charge is 0.224 e. The van der Waals surface area contributed by atoms with E-state index in [9.17, 15) is 4.79 Å². The van der Waals surface area contributed by atoms with Crippen molar-refractivity contribution in [2.75, 3.05) is 32.8 Å². The predicted octanol–water partition coefficient (Wildman–Crippen LogP) is 1.79. The molecule has 0 spiro atoms. The first kappa shape index (κ1) is 14.8. The molecule has 4 nitrogen and oxygen atoms in total. The Balaban J connectivity index is 1.84. The van der Waals surface area contributed by atoms with Crippen LogP contribution in [0.2, 0.25) is 0 Å². The maximum Gasteiger partial charge on any atom is 0.224 e. The average Bonchev–Trinajstić information content (AvgIpc) is 2.40. The summed E-state index contributed by atoms with van der Waals surface area (Å²) in [4.78, 5) is 14.5. The van der Waals surface area contributed by atoms with Gasteiger partial charge in [0.2, 0.25) is 5.91 Å². The molecule has 2 aliphatic rings. The van der Waals surface area contributed by atoms with Gasteiger partial charge in [0.05, 0.1) is 13.2 Å². The highest BCUT2D eigenvalue weighted by molar-refractivity contribution is 5.77. The summed E-state index contributed by atoms with van der Waals surface area (Å²) in [5.41, 5.74) is 0.332. The van der Waals surface area contributed by atoms with Gasteiger partial charge in [-0.25, -0.2) is 0 Å². The first-order valence-corrected chi connectivity index (χ1v) is 7.72. The highest BCUT2D eigenvalue weighted by Gasteiger charge is 2.33. The zero-order chi connectivity index (χ0) is 13.7. The fourth-order valence-electron chi connectivity index (χ4n) is 3.43. The van der Waals surface area contributed by atoms with Crippen molar-refractivity contribution in [2.45, 2.75) is 52.0 Å². The van der Waals surface area contributed by atoms with Crippen molar-refractivity contribution < 1.29 is 9.53 Å². The number of carbonyl (C=O) groups excluding carboxylic acids is 1. The van der Waals surface area contributed by atoms with Crippen molar-refractivity contribution in [3.8, 4) is 0 Å². The third-order valence-corrected chi connectivity index (χ3v) is 4.41. The van der Waals surface area contributed by atoms with Gasteiger partial charge in [0.1, 0.15) is 0 Å². The van der Waals surface area contributed by atoms with Crippen LogP contribution in [0.25, 0.3) is 0 Å². The number of nitrogens with zero attached hydrogens (tertiary/aromatic N) is 1. The lowest BCUT2D eigenvalue weighted by Gasteiger charge is -2.41. The van der Waals surface area contributed by atoms with Gasteiger partial charge in [0.15, 0.2) is 0 Å². The molecule has 0 saturated carbocycles. The third-order valence-electron chi connectivity index (χ3n) is 4.41. The van der Waals surface area contributed by atoms with Crippen molar-refractivity contribution in [1.82, 2.24) is 10.2 Å². The quantitative estimate of drug-likeness (QED) is 0.845. The number of hydrogen-bond acceptors (Lipinski definition) is 3. The molecule has 2 heterocycles. The Kier molecular flexibility index (Phi) is 5.22. The van der Waals surface area contributed by atoms with Crippen molar-refractivity contribution >= 4 is 5.91 Å². The molecular formula is C15H28N2O2. The van der Waals surface area contributed by atoms with E-state index in [4.69, 9.17) is 4.74 Å². The van der Waals surface area contributed by atoms with Crippen LogP contribution < -0.4 is 5.32 Å². The number of hydrogen-bond donors (Lipinski definition) is 1. The van der Waals surface area contributed by atoms with Crippen LogP contribution in [0.1, 0.15) is 46.0 Å². The standard InChI is InChI=1S/C15H28N2O2/c1-3-5-15(2)6-4-8-17(12-15)14(18)10-13-11-19-9-7-16-13/h13,16H,3-12H2,1-2H3. The average molecular weight is 268 g/mol. The van der Waals surface area contributed by atoms with Crippen LogP contribution in [0.15, 0.2) is 0 Å². The molecule has 2 aliphatic heterocycles. The molecule has 0 aliphatic carbocycles. The van der Waals surface area contributed by atoms with Crippen LogP contribution >= 0.6 is 0 Å². The van der Waals surface area contributed by atoms with Gasteiger partial charge in [-0.15, -0.1) is 0 Å². The van der Waals surface area contributed by atoms with Gasteiger partial charge >= 0.3 is 0 Å². The molecule has 110 valence electrons. The lowest BCUT2D eigenvalue weighted by atomic mass is 9.78. The highest BCUT2D eigenvalue weighted by atomic mass is 16.5. The number of likely N-dealkylation sites (tertiary alicyclic amines) is 1. The number of carbonyl (C=O) groups is 1. The molecule has 2 fully saturated rings. The van der Waals surface area contributed by atoms with Crippen LogP contribution in [-0.4, -0.2) is 49.7 Å². The minimum Gasteiger partial charge on any atom is -0.378 e. The van der Waals surface area contributed by atoms with Gasteiger partial charge in [0.25, 0.3) is 0 Å². The molecule has 2 atom stereocenters. The third kappa shape index (κ3) is 4.18. The molecule has 0 radical (unpaired) electrons. The number of piperidine rings is 1. The maximum atomic E-state index is 12.4. The van der Waals surface area contributed by atoms with Gasteiger partial charge in [-0.3, -0.25) is 4.79 Å². The molecule has 0 aromatic rings. The van der Waals surface area contributed by atoms with E-state index in [1.807, 2.05) is 0 Å². The molecule has 0 aromatic heterocycles. The summed E-state index contributed by atoms with van der Waals surface area (Å²) < 4.78 is 5.42. The Hall–Kier alpha value is -0.610. The maximum absolute atomic E-state index is 12.4. The Labute approximate surface area is 116 Å². The first-order valence-electron chi connectivity index (χ1n) is 7.72. The van der Waals surface area contributed by atoms with E-state index < -0.39 is 0 Å². The molecule has 2 rings (SSSR count). The van der Waals surface area contributed by atoms with Gasteiger partial charge in [-0.05, 0) is 24.7 Å². The van der Waals surface area contributed by atoms with E-state index in [1.54, 1.807) is 0 Å². The molecule has 2 unspecified atom stereocenters. The number of morpholine rings is 1. The molecular weight excluding hydrogens is 240 g/mol. The summed E-state index contributed by atoms with van der Waals surface area (Å²) in [6.45, 7) is 8.74. The van der Waals surface area contributed by atoms with Crippen LogP contribution in [0.3, 0.4) is 0 Å². The van der Waals surface area contributed by atoms with Gasteiger partial charge in [0, 0.05) is 32.1 Å². The van der Waals surface area contributed by atoms with E-state index >= 15 is 0 Å². The summed E-state index contributed by atoms with van der Waals surface area (Å²) in [6.07, 6.45) is 5.42. The largest absolute Gasteiger partial charge is 0.378 e. The Morgan fingerprint density at radius 2 is 2.37 bits per heavy atom. The number of rotatable bonds is 4. The van der Waals surface area contributed by atoms with E-state index in [1.165, 1.54) is 19.3 Å². The molecule has 19 heavy (non-hydrogen) atoms. The normalized spacial score (nSPS) is 32.3. The van der Waals surface area contributed by atoms with E-state index in [-0.39, 0.29) is 6.04 Å². The highest BCUT2D eigenvalue weighted by Crippen LogP contribution is 2.34.